The number of carbonyl (C=O) groups excluding carboxylic acids is 2. The van der Waals surface area contributed by atoms with E-state index in [4.69, 9.17) is 9.47 Å². The van der Waals surface area contributed by atoms with Crippen molar-refractivity contribution in [2.75, 3.05) is 13.7 Å². The molecule has 0 amide bonds. The molecule has 0 bridgehead atoms. The Labute approximate surface area is 171 Å². The Bertz CT molecular complexity index is 953. The molecule has 0 N–H and O–H groups in total. The van der Waals surface area contributed by atoms with Crippen LogP contribution in [-0.4, -0.2) is 47.3 Å². The number of ether oxygens (including phenoxy) is 2. The number of hydrogen-bond acceptors (Lipinski definition) is 9. The van der Waals surface area contributed by atoms with E-state index in [2.05, 4.69) is 4.99 Å². The number of benzene rings is 1. The molecule has 0 saturated heterocycles. The first kappa shape index (κ1) is 22.7. The molecule has 0 saturated carbocycles. The van der Waals surface area contributed by atoms with Gasteiger partial charge in [-0.15, -0.1) is 0 Å². The van der Waals surface area contributed by atoms with E-state index in [1.54, 1.807) is 13.0 Å². The monoisotopic (exact) mass is 419 g/mol. The summed E-state index contributed by atoms with van der Waals surface area (Å²) >= 11 is 0. The fourth-order valence-corrected chi connectivity index (χ4v) is 3.26. The van der Waals surface area contributed by atoms with Gasteiger partial charge in [-0.05, 0) is 19.4 Å². The van der Waals surface area contributed by atoms with E-state index in [0.29, 0.717) is 11.3 Å². The molecule has 11 heteroatoms. The van der Waals surface area contributed by atoms with Crippen LogP contribution in [-0.2, 0) is 19.1 Å². The fourth-order valence-electron chi connectivity index (χ4n) is 3.26. The zero-order valence-electron chi connectivity index (χ0n) is 16.9. The Morgan fingerprint density at radius 2 is 1.90 bits per heavy atom. The van der Waals surface area contributed by atoms with Crippen molar-refractivity contribution in [2.24, 2.45) is 10.9 Å². The lowest BCUT2D eigenvalue weighted by Crippen LogP contribution is -2.36. The average molecular weight is 419 g/mol. The molecule has 11 nitrogen and oxygen atoms in total. The molecule has 0 spiro atoms. The summed E-state index contributed by atoms with van der Waals surface area (Å²) in [6, 6.07) is 4.41. The third kappa shape index (κ3) is 4.67. The summed E-state index contributed by atoms with van der Waals surface area (Å²) in [7, 11) is 1.18. The summed E-state index contributed by atoms with van der Waals surface area (Å²) in [6.45, 7) is 3.93. The molecule has 3 unspecified atom stereocenters. The van der Waals surface area contributed by atoms with Crippen molar-refractivity contribution in [2.45, 2.75) is 32.7 Å². The molecule has 160 valence electrons. The number of nitrogens with zero attached hydrogens (tertiary/aromatic N) is 3. The number of rotatable bonds is 7. The Morgan fingerprint density at radius 1 is 1.23 bits per heavy atom. The molecule has 30 heavy (non-hydrogen) atoms. The van der Waals surface area contributed by atoms with E-state index in [-0.39, 0.29) is 17.0 Å². The van der Waals surface area contributed by atoms with Crippen LogP contribution in [0, 0.1) is 26.1 Å². The van der Waals surface area contributed by atoms with Crippen LogP contribution in [0.4, 0.5) is 5.69 Å². The topological polar surface area (TPSA) is 151 Å². The quantitative estimate of drug-likeness (QED) is 0.371. The molecular formula is C19H21N3O8. The number of nitro groups is 2. The molecule has 0 fully saturated rings. The van der Waals surface area contributed by atoms with Crippen LogP contribution in [0.15, 0.2) is 40.5 Å². The third-order valence-electron chi connectivity index (χ3n) is 4.76. The van der Waals surface area contributed by atoms with Crippen LogP contribution in [0.2, 0.25) is 0 Å². The van der Waals surface area contributed by atoms with Gasteiger partial charge in [-0.25, -0.2) is 4.79 Å². The van der Waals surface area contributed by atoms with E-state index in [1.165, 1.54) is 39.2 Å². The smallest absolute Gasteiger partial charge is 0.336 e. The van der Waals surface area contributed by atoms with E-state index in [0.717, 1.165) is 0 Å². The molecule has 2 rings (SSSR count). The van der Waals surface area contributed by atoms with E-state index in [9.17, 15) is 29.8 Å². The van der Waals surface area contributed by atoms with Crippen LogP contribution < -0.4 is 0 Å². The van der Waals surface area contributed by atoms with Gasteiger partial charge < -0.3 is 9.47 Å². The summed E-state index contributed by atoms with van der Waals surface area (Å²) in [6.07, 6.45) is 0. The van der Waals surface area contributed by atoms with Crippen LogP contribution in [0.1, 0.15) is 32.3 Å². The molecule has 1 heterocycles. The molecule has 1 aromatic rings. The van der Waals surface area contributed by atoms with Gasteiger partial charge in [-0.2, -0.15) is 0 Å². The summed E-state index contributed by atoms with van der Waals surface area (Å²) in [5, 5.41) is 22.0. The Balaban J connectivity index is 2.57. The van der Waals surface area contributed by atoms with Gasteiger partial charge in [-0.1, -0.05) is 12.1 Å². The maximum atomic E-state index is 12.8. The molecule has 1 aromatic carbocycles. The number of carbonyl (C=O) groups is 2. The fraction of sp³-hybridized carbons (Fsp3) is 0.421. The maximum absolute atomic E-state index is 12.8. The standard InChI is InChI=1S/C19H21N3O8/c1-10(21(25)26)9-30-19(24)16-12(3)20-11(2)15(18(23)29-4)17(16)13-6-5-7-14(8-13)22(27)28/h5-8,10,15,17H,9H2,1-4H3. The second-order valence-electron chi connectivity index (χ2n) is 6.82. The second-order valence-corrected chi connectivity index (χ2v) is 6.82. The van der Waals surface area contributed by atoms with E-state index < -0.39 is 46.3 Å². The minimum Gasteiger partial charge on any atom is -0.468 e. The number of nitro benzene ring substituents is 1. The van der Waals surface area contributed by atoms with E-state index >= 15 is 0 Å². The molecule has 0 aromatic heterocycles. The SMILES string of the molecule is COC(=O)C1C(C)=NC(C)=C(C(=O)OCC(C)[N+](=O)[O-])C1c1cccc([N+](=O)[O-])c1. The largest absolute Gasteiger partial charge is 0.468 e. The highest BCUT2D eigenvalue weighted by atomic mass is 16.6. The Morgan fingerprint density at radius 3 is 2.47 bits per heavy atom. The van der Waals surface area contributed by atoms with E-state index in [1.807, 2.05) is 0 Å². The van der Waals surface area contributed by atoms with Crippen LogP contribution >= 0.6 is 0 Å². The van der Waals surface area contributed by atoms with Crippen molar-refractivity contribution in [3.05, 3.63) is 61.3 Å². The number of allylic oxidation sites excluding steroid dienone is 1. The van der Waals surface area contributed by atoms with Gasteiger partial charge in [-0.3, -0.25) is 30.0 Å². The second kappa shape index (κ2) is 9.25. The molecule has 0 radical (unpaired) electrons. The number of aliphatic imine (C=N–C) groups is 1. The summed E-state index contributed by atoms with van der Waals surface area (Å²) < 4.78 is 9.97. The normalized spacial score (nSPS) is 19.5. The average Bonchev–Trinajstić information content (AvgIpc) is 2.70. The van der Waals surface area contributed by atoms with Crippen molar-refractivity contribution in [1.82, 2.24) is 0 Å². The van der Waals surface area contributed by atoms with Gasteiger partial charge in [0, 0.05) is 41.3 Å². The minimum absolute atomic E-state index is 0.00736. The zero-order chi connectivity index (χ0) is 22.6. The summed E-state index contributed by atoms with van der Waals surface area (Å²) in [4.78, 5) is 50.5. The number of esters is 2. The Hall–Kier alpha value is -3.63. The molecule has 1 aliphatic rings. The van der Waals surface area contributed by atoms with Crippen molar-refractivity contribution in [1.29, 1.82) is 0 Å². The first-order valence-corrected chi connectivity index (χ1v) is 8.97. The number of methoxy groups -OCH3 is 1. The van der Waals surface area contributed by atoms with Crippen LogP contribution in [0.3, 0.4) is 0 Å². The predicted molar refractivity (Wildman–Crippen MR) is 105 cm³/mol. The first-order valence-electron chi connectivity index (χ1n) is 8.97. The zero-order valence-corrected chi connectivity index (χ0v) is 16.9. The lowest BCUT2D eigenvalue weighted by Gasteiger charge is -2.31. The molecule has 3 atom stereocenters. The molecule has 0 aliphatic carbocycles. The van der Waals surface area contributed by atoms with Gasteiger partial charge in [0.05, 0.1) is 17.6 Å². The number of non-ortho nitro benzene ring substituents is 1. The lowest BCUT2D eigenvalue weighted by atomic mass is 9.75. The van der Waals surface area contributed by atoms with Gasteiger partial charge >= 0.3 is 11.9 Å². The lowest BCUT2D eigenvalue weighted by molar-refractivity contribution is -0.520. The highest BCUT2D eigenvalue weighted by Crippen LogP contribution is 2.40. The van der Waals surface area contributed by atoms with Gasteiger partial charge in [0.15, 0.2) is 6.61 Å². The van der Waals surface area contributed by atoms with Crippen molar-refractivity contribution < 1.29 is 28.9 Å². The van der Waals surface area contributed by atoms with Gasteiger partial charge in [0.25, 0.3) is 5.69 Å². The minimum atomic E-state index is -1.13. The van der Waals surface area contributed by atoms with Crippen LogP contribution in [0.25, 0.3) is 0 Å². The van der Waals surface area contributed by atoms with Crippen molar-refractivity contribution in [3.63, 3.8) is 0 Å². The van der Waals surface area contributed by atoms with Gasteiger partial charge in [0.2, 0.25) is 6.04 Å². The number of hydrogen-bond donors (Lipinski definition) is 0. The van der Waals surface area contributed by atoms with Crippen LogP contribution in [0.5, 0.6) is 0 Å². The Kier molecular flexibility index (Phi) is 6.98. The summed E-state index contributed by atoms with van der Waals surface area (Å²) in [5.74, 6) is -3.54. The highest BCUT2D eigenvalue weighted by molar-refractivity contribution is 6.07. The highest BCUT2D eigenvalue weighted by Gasteiger charge is 2.42. The first-order chi connectivity index (χ1) is 14.1. The molecular weight excluding hydrogens is 398 g/mol. The van der Waals surface area contributed by atoms with Gasteiger partial charge in [0.1, 0.15) is 5.92 Å². The molecule has 1 aliphatic heterocycles. The predicted octanol–water partition coefficient (Wildman–Crippen LogP) is 2.42. The summed E-state index contributed by atoms with van der Waals surface area (Å²) in [5.41, 5.74) is 0.715. The maximum Gasteiger partial charge on any atom is 0.336 e. The van der Waals surface area contributed by atoms with Crippen molar-refractivity contribution >= 4 is 23.3 Å². The van der Waals surface area contributed by atoms with Crippen molar-refractivity contribution in [3.8, 4) is 0 Å². The third-order valence-corrected chi connectivity index (χ3v) is 4.76.